The molecule has 0 amide bonds. The first-order valence-corrected chi connectivity index (χ1v) is 19.0. The Morgan fingerprint density at radius 1 is 0.298 bits per heavy atom. The van der Waals surface area contributed by atoms with E-state index in [1.165, 1.54) is 0 Å². The minimum Gasteiger partial charge on any atom is -0.310 e. The lowest BCUT2D eigenvalue weighted by Gasteiger charge is -2.26. The van der Waals surface area contributed by atoms with Gasteiger partial charge in [0.25, 0.3) is 0 Å². The molecule has 0 saturated heterocycles. The van der Waals surface area contributed by atoms with Gasteiger partial charge in [0.15, 0.2) is 11.6 Å². The van der Waals surface area contributed by atoms with Crippen molar-refractivity contribution in [3.8, 4) is 28.7 Å². The zero-order chi connectivity index (χ0) is 38.0. The molecule has 8 aromatic carbocycles. The van der Waals surface area contributed by atoms with Crippen molar-refractivity contribution in [1.29, 1.82) is 0 Å². The molecular weight excluding hydrogens is 697 g/mol. The van der Waals surface area contributed by atoms with Gasteiger partial charge in [-0.2, -0.15) is 9.97 Å². The summed E-state index contributed by atoms with van der Waals surface area (Å²) in [4.78, 5) is 20.0. The van der Waals surface area contributed by atoms with Crippen molar-refractivity contribution >= 4 is 55.9 Å². The van der Waals surface area contributed by atoms with Gasteiger partial charge in [0.05, 0.1) is 11.0 Å². The van der Waals surface area contributed by atoms with Crippen LogP contribution in [0.15, 0.2) is 218 Å². The van der Waals surface area contributed by atoms with E-state index in [0.717, 1.165) is 67.1 Å². The summed E-state index contributed by atoms with van der Waals surface area (Å²) in [5.74, 6) is 1.77. The van der Waals surface area contributed by atoms with Crippen molar-refractivity contribution in [2.24, 2.45) is 0 Å². The standard InChI is InChI=1S/C51H36N6/c1-7-19-37(20-8-1)49-52-50(38-21-9-2-10-22-38)54-51(53-49)57-47-33-31-43(55(39-23-11-3-12-24-39)40-25-13-4-14-26-40)35-45(47)46-36-44(32-34-48(46)57)56(41-27-15-5-16-28-41)42-29-17-6-18-30-42/h1-36H. The lowest BCUT2D eigenvalue weighted by atomic mass is 10.1. The molecule has 2 aromatic heterocycles. The van der Waals surface area contributed by atoms with Crippen LogP contribution in [-0.4, -0.2) is 19.5 Å². The molecule has 0 saturated carbocycles. The Kier molecular flexibility index (Phi) is 8.74. The maximum atomic E-state index is 5.20. The Hall–Kier alpha value is -7.83. The normalized spacial score (nSPS) is 11.2. The molecule has 0 spiro atoms. The van der Waals surface area contributed by atoms with Gasteiger partial charge in [-0.3, -0.25) is 4.57 Å². The van der Waals surface area contributed by atoms with Crippen molar-refractivity contribution in [2.45, 2.75) is 0 Å². The topological polar surface area (TPSA) is 50.1 Å². The Labute approximate surface area is 331 Å². The second-order valence-corrected chi connectivity index (χ2v) is 13.8. The predicted molar refractivity (Wildman–Crippen MR) is 234 cm³/mol. The first kappa shape index (κ1) is 33.7. The molecule has 0 fully saturated rings. The number of hydrogen-bond donors (Lipinski definition) is 0. The highest BCUT2D eigenvalue weighted by molar-refractivity contribution is 6.12. The van der Waals surface area contributed by atoms with Gasteiger partial charge in [-0.15, -0.1) is 0 Å². The van der Waals surface area contributed by atoms with Crippen LogP contribution in [0, 0.1) is 0 Å². The van der Waals surface area contributed by atoms with Crippen molar-refractivity contribution in [3.63, 3.8) is 0 Å². The molecule has 0 bridgehead atoms. The highest BCUT2D eigenvalue weighted by Gasteiger charge is 2.22. The third-order valence-corrected chi connectivity index (χ3v) is 10.2. The van der Waals surface area contributed by atoms with Gasteiger partial charge in [0.1, 0.15) is 0 Å². The van der Waals surface area contributed by atoms with Crippen LogP contribution in [0.5, 0.6) is 0 Å². The Morgan fingerprint density at radius 2 is 0.614 bits per heavy atom. The maximum Gasteiger partial charge on any atom is 0.238 e. The summed E-state index contributed by atoms with van der Waals surface area (Å²) in [6, 6.07) is 75.7. The van der Waals surface area contributed by atoms with E-state index < -0.39 is 0 Å². The van der Waals surface area contributed by atoms with Gasteiger partial charge in [-0.25, -0.2) is 4.98 Å². The second kappa shape index (κ2) is 14.8. The molecule has 0 atom stereocenters. The summed E-state index contributed by atoms with van der Waals surface area (Å²) in [7, 11) is 0. The third-order valence-electron chi connectivity index (χ3n) is 10.2. The van der Waals surface area contributed by atoms with Crippen molar-refractivity contribution in [1.82, 2.24) is 19.5 Å². The largest absolute Gasteiger partial charge is 0.310 e. The van der Waals surface area contributed by atoms with Crippen LogP contribution in [0.3, 0.4) is 0 Å². The van der Waals surface area contributed by atoms with Crippen LogP contribution < -0.4 is 9.80 Å². The van der Waals surface area contributed by atoms with E-state index in [-0.39, 0.29) is 0 Å². The number of benzene rings is 8. The quantitative estimate of drug-likeness (QED) is 0.148. The number of nitrogens with zero attached hydrogens (tertiary/aromatic N) is 6. The number of fused-ring (bicyclic) bond motifs is 3. The summed E-state index contributed by atoms with van der Waals surface area (Å²) < 4.78 is 2.18. The lowest BCUT2D eigenvalue weighted by Crippen LogP contribution is -2.09. The van der Waals surface area contributed by atoms with Crippen molar-refractivity contribution in [3.05, 3.63) is 218 Å². The van der Waals surface area contributed by atoms with Crippen LogP contribution in [0.2, 0.25) is 0 Å². The maximum absolute atomic E-state index is 5.20. The van der Waals surface area contributed by atoms with Crippen LogP contribution in [0.4, 0.5) is 34.1 Å². The molecule has 0 N–H and O–H groups in total. The number of hydrogen-bond acceptors (Lipinski definition) is 5. The van der Waals surface area contributed by atoms with Crippen LogP contribution >= 0.6 is 0 Å². The molecule has 0 aliphatic carbocycles. The molecule has 0 unspecified atom stereocenters. The van der Waals surface area contributed by atoms with Gasteiger partial charge in [-0.05, 0) is 84.9 Å². The first-order chi connectivity index (χ1) is 28.3. The summed E-state index contributed by atoms with van der Waals surface area (Å²) in [5.41, 5.74) is 10.2. The fourth-order valence-electron chi connectivity index (χ4n) is 7.59. The van der Waals surface area contributed by atoms with Crippen LogP contribution in [0.25, 0.3) is 50.5 Å². The van der Waals surface area contributed by atoms with Gasteiger partial charge >= 0.3 is 0 Å². The first-order valence-electron chi connectivity index (χ1n) is 19.0. The summed E-state index contributed by atoms with van der Waals surface area (Å²) in [5, 5.41) is 2.15. The Bertz CT molecular complexity index is 2660. The fraction of sp³-hybridized carbons (Fsp3) is 0. The summed E-state index contributed by atoms with van der Waals surface area (Å²) in [6.45, 7) is 0. The van der Waals surface area contributed by atoms with Crippen LogP contribution in [0.1, 0.15) is 0 Å². The Balaban J connectivity index is 1.26. The zero-order valence-corrected chi connectivity index (χ0v) is 31.0. The summed E-state index contributed by atoms with van der Waals surface area (Å²) in [6.07, 6.45) is 0. The SMILES string of the molecule is c1ccc(-c2nc(-c3ccccc3)nc(-n3c4ccc(N(c5ccccc5)c5ccccc5)cc4c4cc(N(c5ccccc5)c5ccccc5)ccc43)n2)cc1. The molecule has 6 nitrogen and oxygen atoms in total. The average molecular weight is 733 g/mol. The average Bonchev–Trinajstić information content (AvgIpc) is 3.62. The van der Waals surface area contributed by atoms with Crippen LogP contribution in [-0.2, 0) is 0 Å². The monoisotopic (exact) mass is 732 g/mol. The van der Waals surface area contributed by atoms with Crippen molar-refractivity contribution in [2.75, 3.05) is 9.80 Å². The predicted octanol–water partition coefficient (Wildman–Crippen LogP) is 13.2. The number of para-hydroxylation sites is 4. The molecular formula is C51H36N6. The molecule has 6 heteroatoms. The molecule has 10 aromatic rings. The van der Waals surface area contributed by atoms with E-state index in [0.29, 0.717) is 17.6 Å². The highest BCUT2D eigenvalue weighted by Crippen LogP contribution is 2.42. The lowest BCUT2D eigenvalue weighted by molar-refractivity contribution is 0.953. The zero-order valence-electron chi connectivity index (χ0n) is 31.0. The van der Waals surface area contributed by atoms with Gasteiger partial charge < -0.3 is 9.80 Å². The molecule has 57 heavy (non-hydrogen) atoms. The van der Waals surface area contributed by atoms with E-state index >= 15 is 0 Å². The van der Waals surface area contributed by atoms with Gasteiger partial charge in [0, 0.05) is 56.0 Å². The molecule has 0 aliphatic rings. The molecule has 10 rings (SSSR count). The molecule has 0 aliphatic heterocycles. The summed E-state index contributed by atoms with van der Waals surface area (Å²) >= 11 is 0. The van der Waals surface area contributed by atoms with E-state index in [1.807, 2.05) is 60.7 Å². The Morgan fingerprint density at radius 3 is 0.947 bits per heavy atom. The minimum absolute atomic E-state index is 0.550. The number of rotatable bonds is 9. The molecule has 270 valence electrons. The number of anilines is 6. The third kappa shape index (κ3) is 6.45. The fourth-order valence-corrected chi connectivity index (χ4v) is 7.59. The molecule has 0 radical (unpaired) electrons. The number of aromatic nitrogens is 4. The molecule has 2 heterocycles. The second-order valence-electron chi connectivity index (χ2n) is 13.8. The van der Waals surface area contributed by atoms with E-state index in [2.05, 4.69) is 172 Å². The van der Waals surface area contributed by atoms with E-state index in [4.69, 9.17) is 15.0 Å². The van der Waals surface area contributed by atoms with E-state index in [1.54, 1.807) is 0 Å². The van der Waals surface area contributed by atoms with Crippen molar-refractivity contribution < 1.29 is 0 Å². The smallest absolute Gasteiger partial charge is 0.238 e. The van der Waals surface area contributed by atoms with Gasteiger partial charge in [0.2, 0.25) is 5.95 Å². The van der Waals surface area contributed by atoms with E-state index in [9.17, 15) is 0 Å². The minimum atomic E-state index is 0.550. The van der Waals surface area contributed by atoms with Gasteiger partial charge in [-0.1, -0.05) is 133 Å². The highest BCUT2D eigenvalue weighted by atomic mass is 15.2.